The van der Waals surface area contributed by atoms with Crippen LogP contribution in [0.5, 0.6) is 5.75 Å². The van der Waals surface area contributed by atoms with Crippen molar-refractivity contribution in [3.05, 3.63) is 64.7 Å². The summed E-state index contributed by atoms with van der Waals surface area (Å²) in [6.07, 6.45) is -5.67. The van der Waals surface area contributed by atoms with Gasteiger partial charge in [0.1, 0.15) is 5.75 Å². The summed E-state index contributed by atoms with van der Waals surface area (Å²) in [5.41, 5.74) is 5.66. The first-order valence-corrected chi connectivity index (χ1v) is 8.55. The van der Waals surface area contributed by atoms with Gasteiger partial charge in [-0.05, 0) is 49.6 Å². The van der Waals surface area contributed by atoms with E-state index in [1.165, 1.54) is 19.1 Å². The van der Waals surface area contributed by atoms with Gasteiger partial charge in [0.15, 0.2) is 6.10 Å². The first kappa shape index (κ1) is 21.3. The van der Waals surface area contributed by atoms with Crippen LogP contribution in [0.15, 0.2) is 42.5 Å². The van der Waals surface area contributed by atoms with Crippen LogP contribution in [0.25, 0.3) is 0 Å². The molecule has 1 atom stereocenters. The molecule has 28 heavy (non-hydrogen) atoms. The third kappa shape index (κ3) is 5.73. The van der Waals surface area contributed by atoms with Crippen LogP contribution in [0.1, 0.15) is 29.2 Å². The number of carbonyl (C=O) groups is 2. The normalized spacial score (nSPS) is 12.2. The maximum Gasteiger partial charge on any atom is 0.416 e. The molecule has 5 nitrogen and oxygen atoms in total. The molecule has 2 aromatic rings. The number of amides is 2. The van der Waals surface area contributed by atoms with Crippen molar-refractivity contribution in [3.8, 4) is 5.75 Å². The van der Waals surface area contributed by atoms with Crippen molar-refractivity contribution in [2.75, 3.05) is 0 Å². The molecule has 2 aromatic carbocycles. The van der Waals surface area contributed by atoms with Gasteiger partial charge in [0.2, 0.25) is 5.91 Å². The molecule has 2 rings (SSSR count). The van der Waals surface area contributed by atoms with E-state index in [2.05, 4.69) is 10.9 Å². The highest BCUT2D eigenvalue weighted by Gasteiger charge is 2.30. The van der Waals surface area contributed by atoms with Crippen molar-refractivity contribution >= 4 is 11.8 Å². The average molecular weight is 394 g/mol. The Morgan fingerprint density at radius 3 is 2.43 bits per heavy atom. The van der Waals surface area contributed by atoms with Crippen LogP contribution >= 0.6 is 0 Å². The smallest absolute Gasteiger partial charge is 0.416 e. The van der Waals surface area contributed by atoms with Crippen molar-refractivity contribution in [3.63, 3.8) is 0 Å². The Morgan fingerprint density at radius 2 is 1.75 bits per heavy atom. The number of rotatable bonds is 5. The monoisotopic (exact) mass is 394 g/mol. The van der Waals surface area contributed by atoms with E-state index in [-0.39, 0.29) is 12.0 Å². The van der Waals surface area contributed by atoms with Gasteiger partial charge in [0.05, 0.1) is 12.0 Å². The Balaban J connectivity index is 1.88. The third-order valence-corrected chi connectivity index (χ3v) is 4.17. The summed E-state index contributed by atoms with van der Waals surface area (Å²) in [5.74, 6) is -0.678. The maximum atomic E-state index is 12.7. The fraction of sp³-hybridized carbons (Fsp3) is 0.300. The van der Waals surface area contributed by atoms with Crippen LogP contribution in [0.4, 0.5) is 13.2 Å². The van der Waals surface area contributed by atoms with Crippen LogP contribution in [0, 0.1) is 13.8 Å². The van der Waals surface area contributed by atoms with Gasteiger partial charge in [0, 0.05) is 0 Å². The molecule has 2 amide bonds. The summed E-state index contributed by atoms with van der Waals surface area (Å²) in [6.45, 7) is 5.31. The molecule has 0 saturated carbocycles. The number of halogens is 3. The number of carbonyl (C=O) groups excluding carboxylic acids is 2. The molecule has 0 aliphatic heterocycles. The average Bonchev–Trinajstić information content (AvgIpc) is 2.63. The second-order valence-electron chi connectivity index (χ2n) is 6.37. The molecule has 0 saturated heterocycles. The van der Waals surface area contributed by atoms with Gasteiger partial charge in [0.25, 0.3) is 5.91 Å². The lowest BCUT2D eigenvalue weighted by Crippen LogP contribution is -2.47. The van der Waals surface area contributed by atoms with Crippen LogP contribution in [-0.2, 0) is 22.2 Å². The minimum atomic E-state index is -4.48. The molecule has 8 heteroatoms. The fourth-order valence-corrected chi connectivity index (χ4v) is 2.42. The molecule has 0 fully saturated rings. The zero-order valence-corrected chi connectivity index (χ0v) is 15.7. The van der Waals surface area contributed by atoms with Gasteiger partial charge in [-0.3, -0.25) is 20.4 Å². The predicted molar refractivity (Wildman–Crippen MR) is 97.4 cm³/mol. The van der Waals surface area contributed by atoms with Gasteiger partial charge in [-0.1, -0.05) is 30.3 Å². The number of alkyl halides is 3. The first-order chi connectivity index (χ1) is 13.1. The fourth-order valence-electron chi connectivity index (χ4n) is 2.42. The Labute approximate surface area is 160 Å². The molecule has 0 heterocycles. The quantitative estimate of drug-likeness (QED) is 0.763. The summed E-state index contributed by atoms with van der Waals surface area (Å²) in [4.78, 5) is 24.0. The van der Waals surface area contributed by atoms with E-state index < -0.39 is 29.7 Å². The molecule has 0 radical (unpaired) electrons. The third-order valence-electron chi connectivity index (χ3n) is 4.17. The summed E-state index contributed by atoms with van der Waals surface area (Å²) in [6, 6.07) is 9.91. The molecule has 0 unspecified atom stereocenters. The SMILES string of the molecule is Cc1cccc(O[C@H](C)C(=O)NNC(=O)Cc2cccc(C(F)(F)F)c2)c1C. The van der Waals surface area contributed by atoms with E-state index in [1.54, 1.807) is 12.1 Å². The van der Waals surface area contributed by atoms with Crippen LogP contribution < -0.4 is 15.6 Å². The molecule has 2 N–H and O–H groups in total. The van der Waals surface area contributed by atoms with E-state index >= 15 is 0 Å². The topological polar surface area (TPSA) is 67.4 Å². The van der Waals surface area contributed by atoms with Crippen LogP contribution in [-0.4, -0.2) is 17.9 Å². The number of hydrogen-bond acceptors (Lipinski definition) is 3. The van der Waals surface area contributed by atoms with Gasteiger partial charge >= 0.3 is 6.18 Å². The second-order valence-corrected chi connectivity index (χ2v) is 6.37. The molecule has 150 valence electrons. The highest BCUT2D eigenvalue weighted by Crippen LogP contribution is 2.29. The minimum absolute atomic E-state index is 0.182. The van der Waals surface area contributed by atoms with Gasteiger partial charge in [-0.2, -0.15) is 13.2 Å². The van der Waals surface area contributed by atoms with E-state index in [0.29, 0.717) is 5.75 Å². The van der Waals surface area contributed by atoms with Crippen molar-refractivity contribution < 1.29 is 27.5 Å². The zero-order valence-electron chi connectivity index (χ0n) is 15.7. The van der Waals surface area contributed by atoms with Crippen LogP contribution in [0.2, 0.25) is 0 Å². The Bertz CT molecular complexity index is 866. The van der Waals surface area contributed by atoms with Crippen molar-refractivity contribution in [2.24, 2.45) is 0 Å². The standard InChI is InChI=1S/C20H21F3N2O3/c1-12-6-4-9-17(13(12)2)28-14(3)19(27)25-24-18(26)11-15-7-5-8-16(10-15)20(21,22)23/h4-10,14H,11H2,1-3H3,(H,24,26)(H,25,27)/t14-/m1/s1. The number of benzene rings is 2. The van der Waals surface area contributed by atoms with Gasteiger partial charge < -0.3 is 4.74 Å². The number of hydrazine groups is 1. The molecule has 0 aliphatic carbocycles. The molecule has 0 aromatic heterocycles. The van der Waals surface area contributed by atoms with Crippen molar-refractivity contribution in [2.45, 2.75) is 39.5 Å². The lowest BCUT2D eigenvalue weighted by atomic mass is 10.1. The molecule has 0 bridgehead atoms. The highest BCUT2D eigenvalue weighted by molar-refractivity contribution is 5.85. The predicted octanol–water partition coefficient (Wildman–Crippen LogP) is 3.48. The van der Waals surface area contributed by atoms with E-state index in [0.717, 1.165) is 23.3 Å². The molecule has 0 spiro atoms. The largest absolute Gasteiger partial charge is 0.481 e. The second kappa shape index (κ2) is 8.77. The number of ether oxygens (including phenoxy) is 1. The summed E-state index contributed by atoms with van der Waals surface area (Å²) >= 11 is 0. The Morgan fingerprint density at radius 1 is 1.07 bits per heavy atom. The van der Waals surface area contributed by atoms with E-state index in [4.69, 9.17) is 4.74 Å². The van der Waals surface area contributed by atoms with E-state index in [1.807, 2.05) is 19.9 Å². The lowest BCUT2D eigenvalue weighted by Gasteiger charge is -2.17. The maximum absolute atomic E-state index is 12.7. The van der Waals surface area contributed by atoms with Gasteiger partial charge in [-0.25, -0.2) is 0 Å². The molecular weight excluding hydrogens is 373 g/mol. The molecule has 0 aliphatic rings. The Hall–Kier alpha value is -3.03. The van der Waals surface area contributed by atoms with Crippen molar-refractivity contribution in [1.29, 1.82) is 0 Å². The Kier molecular flexibility index (Phi) is 6.66. The molecular formula is C20H21F3N2O3. The first-order valence-electron chi connectivity index (χ1n) is 8.55. The van der Waals surface area contributed by atoms with E-state index in [9.17, 15) is 22.8 Å². The van der Waals surface area contributed by atoms with Crippen LogP contribution in [0.3, 0.4) is 0 Å². The zero-order chi connectivity index (χ0) is 20.9. The summed E-state index contributed by atoms with van der Waals surface area (Å²) in [5, 5.41) is 0. The van der Waals surface area contributed by atoms with Crippen molar-refractivity contribution in [1.82, 2.24) is 10.9 Å². The number of hydrogen-bond donors (Lipinski definition) is 2. The number of nitrogens with one attached hydrogen (secondary N) is 2. The lowest BCUT2D eigenvalue weighted by molar-refractivity contribution is -0.137. The number of aryl methyl sites for hydroxylation is 1. The highest BCUT2D eigenvalue weighted by atomic mass is 19.4. The minimum Gasteiger partial charge on any atom is -0.481 e. The summed E-state index contributed by atoms with van der Waals surface area (Å²) in [7, 11) is 0. The summed E-state index contributed by atoms with van der Waals surface area (Å²) < 4.78 is 43.7. The van der Waals surface area contributed by atoms with Gasteiger partial charge in [-0.15, -0.1) is 0 Å².